The van der Waals surface area contributed by atoms with Crippen LogP contribution < -0.4 is 0 Å². The van der Waals surface area contributed by atoms with Crippen molar-refractivity contribution in [1.82, 2.24) is 10.1 Å². The number of aliphatic hydroxyl groups excluding tert-OH is 1. The molecule has 1 saturated heterocycles. The topological polar surface area (TPSA) is 66.6 Å². The first-order valence-electron chi connectivity index (χ1n) is 6.06. The monoisotopic (exact) mass is 236 g/mol. The number of aryl methyl sites for hydroxylation is 1. The Morgan fingerprint density at radius 3 is 3.00 bits per heavy atom. The van der Waals surface area contributed by atoms with E-state index >= 15 is 0 Å². The van der Waals surface area contributed by atoms with Crippen LogP contribution in [0.15, 0.2) is 10.6 Å². The van der Waals surface area contributed by atoms with E-state index < -0.39 is 0 Å². The first kappa shape index (κ1) is 10.8. The van der Waals surface area contributed by atoms with Crippen LogP contribution in [0, 0.1) is 18.8 Å². The third kappa shape index (κ3) is 1.74. The normalized spacial score (nSPS) is 31.9. The minimum Gasteiger partial charge on any atom is -0.393 e. The van der Waals surface area contributed by atoms with Gasteiger partial charge in [-0.15, -0.1) is 0 Å². The van der Waals surface area contributed by atoms with Gasteiger partial charge in [0.15, 0.2) is 0 Å². The number of rotatable bonds is 1. The molecule has 17 heavy (non-hydrogen) atoms. The van der Waals surface area contributed by atoms with Gasteiger partial charge in [0.1, 0.15) is 0 Å². The van der Waals surface area contributed by atoms with Crippen LogP contribution in [-0.4, -0.2) is 40.3 Å². The molecule has 0 bridgehead atoms. The average molecular weight is 236 g/mol. The second-order valence-corrected chi connectivity index (χ2v) is 5.11. The lowest BCUT2D eigenvalue weighted by Gasteiger charge is -2.16. The van der Waals surface area contributed by atoms with Gasteiger partial charge in [-0.1, -0.05) is 5.16 Å². The average Bonchev–Trinajstić information content (AvgIpc) is 2.96. The molecule has 5 heteroatoms. The molecule has 0 aromatic carbocycles. The fourth-order valence-corrected chi connectivity index (χ4v) is 3.02. The first-order valence-corrected chi connectivity index (χ1v) is 6.06. The predicted octanol–water partition coefficient (Wildman–Crippen LogP) is 0.826. The van der Waals surface area contributed by atoms with Crippen molar-refractivity contribution in [3.05, 3.63) is 17.5 Å². The number of hydrogen-bond acceptors (Lipinski definition) is 4. The summed E-state index contributed by atoms with van der Waals surface area (Å²) in [6.07, 6.45) is 1.65. The molecule has 0 spiro atoms. The molecule has 1 aliphatic heterocycles. The molecule has 3 unspecified atom stereocenters. The van der Waals surface area contributed by atoms with Crippen LogP contribution in [0.5, 0.6) is 0 Å². The Morgan fingerprint density at radius 2 is 2.35 bits per heavy atom. The maximum absolute atomic E-state index is 12.1. The highest BCUT2D eigenvalue weighted by atomic mass is 16.5. The van der Waals surface area contributed by atoms with Gasteiger partial charge in [0.25, 0.3) is 5.91 Å². The molecule has 1 amide bonds. The molecule has 3 rings (SSSR count). The van der Waals surface area contributed by atoms with Crippen LogP contribution in [-0.2, 0) is 0 Å². The molecular formula is C12H16N2O3. The standard InChI is InChI=1S/C12H16N2O3/c1-7-4-11(17-13-7)12(16)14-5-8-2-3-10(15)9(8)6-14/h4,8-10,15H,2-3,5-6H2,1H3. The summed E-state index contributed by atoms with van der Waals surface area (Å²) in [4.78, 5) is 13.9. The van der Waals surface area contributed by atoms with Crippen LogP contribution in [0.25, 0.3) is 0 Å². The highest BCUT2D eigenvalue weighted by molar-refractivity contribution is 5.91. The molecule has 1 N–H and O–H groups in total. The summed E-state index contributed by atoms with van der Waals surface area (Å²) in [5.41, 5.74) is 0.716. The van der Waals surface area contributed by atoms with Gasteiger partial charge in [-0.3, -0.25) is 4.79 Å². The third-order valence-corrected chi connectivity index (χ3v) is 3.95. The molecular weight excluding hydrogens is 220 g/mol. The van der Waals surface area contributed by atoms with Gasteiger partial charge in [-0.05, 0) is 25.7 Å². The van der Waals surface area contributed by atoms with E-state index in [1.165, 1.54) is 0 Å². The van der Waals surface area contributed by atoms with Gasteiger partial charge < -0.3 is 14.5 Å². The maximum Gasteiger partial charge on any atom is 0.292 e. The Kier molecular flexibility index (Phi) is 2.43. The molecule has 1 aliphatic carbocycles. The van der Waals surface area contributed by atoms with E-state index in [-0.39, 0.29) is 17.9 Å². The zero-order valence-electron chi connectivity index (χ0n) is 9.80. The Morgan fingerprint density at radius 1 is 1.53 bits per heavy atom. The summed E-state index contributed by atoms with van der Waals surface area (Å²) in [5, 5.41) is 13.5. The van der Waals surface area contributed by atoms with Crippen LogP contribution in [0.1, 0.15) is 29.1 Å². The summed E-state index contributed by atoms with van der Waals surface area (Å²) in [6, 6.07) is 1.66. The number of amides is 1. The van der Waals surface area contributed by atoms with E-state index in [2.05, 4.69) is 5.16 Å². The largest absolute Gasteiger partial charge is 0.393 e. The minimum absolute atomic E-state index is 0.104. The second-order valence-electron chi connectivity index (χ2n) is 5.11. The van der Waals surface area contributed by atoms with Crippen molar-refractivity contribution >= 4 is 5.91 Å². The third-order valence-electron chi connectivity index (χ3n) is 3.95. The van der Waals surface area contributed by atoms with Crippen molar-refractivity contribution in [3.8, 4) is 0 Å². The van der Waals surface area contributed by atoms with Gasteiger partial charge in [-0.25, -0.2) is 0 Å². The Labute approximate surface area is 99.4 Å². The van der Waals surface area contributed by atoms with Gasteiger partial charge in [0, 0.05) is 25.1 Å². The molecule has 1 saturated carbocycles. The number of likely N-dealkylation sites (tertiary alicyclic amines) is 1. The van der Waals surface area contributed by atoms with Crippen molar-refractivity contribution < 1.29 is 14.4 Å². The molecule has 2 fully saturated rings. The van der Waals surface area contributed by atoms with Crippen LogP contribution in [0.4, 0.5) is 0 Å². The van der Waals surface area contributed by atoms with E-state index in [0.717, 1.165) is 19.4 Å². The lowest BCUT2D eigenvalue weighted by atomic mass is 10.00. The lowest BCUT2D eigenvalue weighted by molar-refractivity contribution is 0.0712. The van der Waals surface area contributed by atoms with Crippen molar-refractivity contribution in [2.45, 2.75) is 25.9 Å². The molecule has 2 aliphatic rings. The number of carbonyl (C=O) groups excluding carboxylic acids is 1. The van der Waals surface area contributed by atoms with Gasteiger partial charge >= 0.3 is 0 Å². The number of fused-ring (bicyclic) bond motifs is 1. The zero-order valence-corrected chi connectivity index (χ0v) is 9.80. The highest BCUT2D eigenvalue weighted by Crippen LogP contribution is 2.38. The number of hydrogen-bond donors (Lipinski definition) is 1. The molecule has 92 valence electrons. The first-order chi connectivity index (χ1) is 8.15. The lowest BCUT2D eigenvalue weighted by Crippen LogP contribution is -2.30. The van der Waals surface area contributed by atoms with Gasteiger partial charge in [-0.2, -0.15) is 0 Å². The fourth-order valence-electron chi connectivity index (χ4n) is 3.02. The van der Waals surface area contributed by atoms with Crippen molar-refractivity contribution in [1.29, 1.82) is 0 Å². The SMILES string of the molecule is Cc1cc(C(=O)N2CC3CCC(O)C3C2)on1. The summed E-state index contributed by atoms with van der Waals surface area (Å²) >= 11 is 0. The number of aromatic nitrogens is 1. The second kappa shape index (κ2) is 3.84. The Balaban J connectivity index is 1.73. The quantitative estimate of drug-likeness (QED) is 0.784. The molecule has 0 radical (unpaired) electrons. The predicted molar refractivity (Wildman–Crippen MR) is 59.4 cm³/mol. The van der Waals surface area contributed by atoms with Gasteiger partial charge in [0.05, 0.1) is 11.8 Å². The summed E-state index contributed by atoms with van der Waals surface area (Å²) in [5.74, 6) is 0.908. The molecule has 2 heterocycles. The fraction of sp³-hybridized carbons (Fsp3) is 0.667. The Hall–Kier alpha value is -1.36. The summed E-state index contributed by atoms with van der Waals surface area (Å²) in [6.45, 7) is 3.17. The minimum atomic E-state index is -0.241. The van der Waals surface area contributed by atoms with Crippen LogP contribution in [0.3, 0.4) is 0 Å². The molecule has 1 aromatic rings. The van der Waals surface area contributed by atoms with Crippen molar-refractivity contribution in [2.24, 2.45) is 11.8 Å². The molecule has 5 nitrogen and oxygen atoms in total. The van der Waals surface area contributed by atoms with E-state index in [4.69, 9.17) is 4.52 Å². The number of carbonyl (C=O) groups is 1. The Bertz CT molecular complexity index is 443. The molecule has 3 atom stereocenters. The molecule has 1 aromatic heterocycles. The number of nitrogens with zero attached hydrogens (tertiary/aromatic N) is 2. The van der Waals surface area contributed by atoms with Crippen LogP contribution >= 0.6 is 0 Å². The summed E-state index contributed by atoms with van der Waals surface area (Å²) < 4.78 is 4.98. The summed E-state index contributed by atoms with van der Waals surface area (Å²) in [7, 11) is 0. The van der Waals surface area contributed by atoms with Crippen molar-refractivity contribution in [2.75, 3.05) is 13.1 Å². The smallest absolute Gasteiger partial charge is 0.292 e. The number of aliphatic hydroxyl groups is 1. The van der Waals surface area contributed by atoms with E-state index in [9.17, 15) is 9.90 Å². The maximum atomic E-state index is 12.1. The zero-order chi connectivity index (χ0) is 12.0. The van der Waals surface area contributed by atoms with Gasteiger partial charge in [0.2, 0.25) is 5.76 Å². The van der Waals surface area contributed by atoms with E-state index in [1.54, 1.807) is 17.9 Å². The van der Waals surface area contributed by atoms with E-state index in [1.807, 2.05) is 0 Å². The highest BCUT2D eigenvalue weighted by Gasteiger charge is 2.43. The van der Waals surface area contributed by atoms with E-state index in [0.29, 0.717) is 23.9 Å². The van der Waals surface area contributed by atoms with Crippen molar-refractivity contribution in [3.63, 3.8) is 0 Å². The van der Waals surface area contributed by atoms with Crippen LogP contribution in [0.2, 0.25) is 0 Å².